The molecule has 7 nitrogen and oxygen atoms in total. The van der Waals surface area contributed by atoms with Crippen molar-refractivity contribution >= 4 is 34.5 Å². The number of hydrogen-bond acceptors (Lipinski definition) is 5. The van der Waals surface area contributed by atoms with E-state index < -0.39 is 29.6 Å². The molecule has 4 aromatic rings. The lowest BCUT2D eigenvalue weighted by Crippen LogP contribution is -2.32. The van der Waals surface area contributed by atoms with Crippen molar-refractivity contribution in [1.82, 2.24) is 15.3 Å². The fourth-order valence-electron chi connectivity index (χ4n) is 4.59. The molecule has 0 saturated heterocycles. The van der Waals surface area contributed by atoms with E-state index in [1.165, 1.54) is 0 Å². The normalized spacial score (nSPS) is 14.5. The Labute approximate surface area is 227 Å². The van der Waals surface area contributed by atoms with Crippen LogP contribution in [0.1, 0.15) is 53.3 Å². The summed E-state index contributed by atoms with van der Waals surface area (Å²) in [6, 6.07) is 13.7. The molecule has 10 heteroatoms. The van der Waals surface area contributed by atoms with Gasteiger partial charge in [-0.3, -0.25) is 9.59 Å². The zero-order valence-corrected chi connectivity index (χ0v) is 21.5. The number of unbranched alkanes of at least 4 members (excludes halogenated alkanes) is 1. The Morgan fingerprint density at radius 1 is 1.00 bits per heavy atom. The van der Waals surface area contributed by atoms with Crippen LogP contribution < -0.4 is 10.1 Å². The van der Waals surface area contributed by atoms with Crippen LogP contribution in [0.5, 0.6) is 5.75 Å². The molecule has 200 valence electrons. The van der Waals surface area contributed by atoms with Gasteiger partial charge in [0.05, 0.1) is 35.1 Å². The Morgan fingerprint density at radius 2 is 1.77 bits per heavy atom. The number of ether oxygens (including phenoxy) is 1. The van der Waals surface area contributed by atoms with Crippen molar-refractivity contribution in [3.63, 3.8) is 0 Å². The smallest absolute Gasteiger partial charge is 0.303 e. The van der Waals surface area contributed by atoms with Gasteiger partial charge in [-0.2, -0.15) is 0 Å². The summed E-state index contributed by atoms with van der Waals surface area (Å²) in [5.41, 5.74) is 3.98. The summed E-state index contributed by atoms with van der Waals surface area (Å²) in [5.74, 6) is -3.06. The monoisotopic (exact) mass is 551 g/mol. The Balaban J connectivity index is 1.43. The topological polar surface area (TPSA) is 101 Å². The van der Waals surface area contributed by atoms with Crippen LogP contribution >= 0.6 is 11.6 Å². The Kier molecular flexibility index (Phi) is 7.70. The van der Waals surface area contributed by atoms with Gasteiger partial charge >= 0.3 is 5.97 Å². The number of nitrogens with one attached hydrogen (secondary N) is 1. The highest BCUT2D eigenvalue weighted by atomic mass is 35.5. The largest absolute Gasteiger partial charge is 0.493 e. The van der Waals surface area contributed by atoms with Gasteiger partial charge in [-0.25, -0.2) is 18.7 Å². The van der Waals surface area contributed by atoms with Crippen LogP contribution in [-0.2, 0) is 11.2 Å². The van der Waals surface area contributed by atoms with Crippen molar-refractivity contribution in [3.8, 4) is 17.0 Å². The average Bonchev–Trinajstić information content (AvgIpc) is 2.92. The molecular formula is C29H24ClF2N3O4. The van der Waals surface area contributed by atoms with Crippen LogP contribution in [0.15, 0.2) is 54.6 Å². The minimum Gasteiger partial charge on any atom is -0.493 e. The maximum atomic E-state index is 13.9. The molecule has 1 amide bonds. The summed E-state index contributed by atoms with van der Waals surface area (Å²) in [4.78, 5) is 33.7. The highest BCUT2D eigenvalue weighted by Crippen LogP contribution is 2.34. The number of hydrogen-bond donors (Lipinski definition) is 2. The van der Waals surface area contributed by atoms with Gasteiger partial charge in [-0.05, 0) is 55.7 Å². The predicted octanol–water partition coefficient (Wildman–Crippen LogP) is 6.28. The summed E-state index contributed by atoms with van der Waals surface area (Å²) in [6.07, 6.45) is 2.07. The van der Waals surface area contributed by atoms with E-state index in [-0.39, 0.29) is 18.8 Å². The molecule has 0 aliphatic carbocycles. The van der Waals surface area contributed by atoms with Crippen molar-refractivity contribution in [3.05, 3.63) is 88.1 Å². The first-order valence-corrected chi connectivity index (χ1v) is 12.9. The lowest BCUT2D eigenvalue weighted by molar-refractivity contribution is -0.137. The minimum atomic E-state index is -1.01. The van der Waals surface area contributed by atoms with Crippen LogP contribution in [0, 0.1) is 11.6 Å². The van der Waals surface area contributed by atoms with Crippen LogP contribution in [0.3, 0.4) is 0 Å². The summed E-state index contributed by atoms with van der Waals surface area (Å²) in [6.45, 7) is 0.255. The molecule has 0 spiro atoms. The molecule has 39 heavy (non-hydrogen) atoms. The Morgan fingerprint density at radius 3 is 2.54 bits per heavy atom. The first-order chi connectivity index (χ1) is 18.8. The first kappa shape index (κ1) is 26.5. The molecular weight excluding hydrogens is 528 g/mol. The average molecular weight is 552 g/mol. The van der Waals surface area contributed by atoms with Gasteiger partial charge in [0.1, 0.15) is 5.75 Å². The number of benzene rings is 3. The number of rotatable bonds is 8. The number of carbonyl (C=O) groups excluding carboxylic acids is 1. The van der Waals surface area contributed by atoms with Gasteiger partial charge in [0, 0.05) is 40.6 Å². The lowest BCUT2D eigenvalue weighted by atomic mass is 9.99. The number of aromatic nitrogens is 2. The molecule has 1 aromatic heterocycles. The number of carboxylic acids is 1. The van der Waals surface area contributed by atoms with Crippen molar-refractivity contribution in [2.45, 2.75) is 38.1 Å². The number of amides is 1. The van der Waals surface area contributed by atoms with Crippen LogP contribution in [0.25, 0.3) is 22.3 Å². The molecule has 2 N–H and O–H groups in total. The predicted molar refractivity (Wildman–Crippen MR) is 142 cm³/mol. The third kappa shape index (κ3) is 5.98. The van der Waals surface area contributed by atoms with E-state index in [4.69, 9.17) is 31.4 Å². The molecule has 0 bridgehead atoms. The van der Waals surface area contributed by atoms with Gasteiger partial charge in [0.25, 0.3) is 5.91 Å². The minimum absolute atomic E-state index is 0.0630. The SMILES string of the molecule is O=C(O)CCCCc1nc2cc(C(=O)N[C@@H]3CCOc4cc(F)c(F)cc43)ccc2nc1-c1ccc(Cl)cc1. The Bertz CT molecular complexity index is 1560. The number of carboxylic acid groups (broad SMARTS) is 1. The van der Waals surface area contributed by atoms with Gasteiger partial charge in [0.15, 0.2) is 11.6 Å². The third-order valence-corrected chi connectivity index (χ3v) is 6.82. The number of carbonyl (C=O) groups is 2. The van der Waals surface area contributed by atoms with Gasteiger partial charge in [-0.15, -0.1) is 0 Å². The van der Waals surface area contributed by atoms with Crippen LogP contribution in [-0.4, -0.2) is 33.6 Å². The second-order valence-electron chi connectivity index (χ2n) is 9.30. The van der Waals surface area contributed by atoms with Crippen molar-refractivity contribution < 1.29 is 28.2 Å². The van der Waals surface area contributed by atoms with Gasteiger partial charge < -0.3 is 15.2 Å². The molecule has 1 aliphatic heterocycles. The number of nitrogens with zero attached hydrogens (tertiary/aromatic N) is 2. The summed E-state index contributed by atoms with van der Waals surface area (Å²) in [5, 5.41) is 12.4. The standard InChI is InChI=1S/C29H24ClF2N3O4/c30-18-8-5-16(6-9-18)28-24(3-1-2-4-27(36)37)33-25-13-17(7-10-23(25)34-28)29(38)35-22-11-12-39-26-15-21(32)20(31)14-19(22)26/h5-10,13-15,22H,1-4,11-12H2,(H,35,38)(H,36,37)/t22-/m1/s1. The second kappa shape index (κ2) is 11.3. The fraction of sp³-hybridized carbons (Fsp3) is 0.241. The van der Waals surface area contributed by atoms with Gasteiger partial charge in [0.2, 0.25) is 0 Å². The van der Waals surface area contributed by atoms with Crippen LogP contribution in [0.2, 0.25) is 5.02 Å². The van der Waals surface area contributed by atoms with Gasteiger partial charge in [-0.1, -0.05) is 23.7 Å². The number of aryl methyl sites for hydroxylation is 1. The molecule has 3 aromatic carbocycles. The zero-order valence-electron chi connectivity index (χ0n) is 20.7. The van der Waals surface area contributed by atoms with E-state index in [0.717, 1.165) is 17.7 Å². The molecule has 0 radical (unpaired) electrons. The van der Waals surface area contributed by atoms with E-state index in [9.17, 15) is 18.4 Å². The first-order valence-electron chi connectivity index (χ1n) is 12.5. The number of fused-ring (bicyclic) bond motifs is 2. The molecule has 5 rings (SSSR count). The van der Waals surface area contributed by atoms with E-state index in [1.807, 2.05) is 12.1 Å². The fourth-order valence-corrected chi connectivity index (χ4v) is 4.71. The van der Waals surface area contributed by atoms with Crippen molar-refractivity contribution in [2.24, 2.45) is 0 Å². The summed E-state index contributed by atoms with van der Waals surface area (Å²) >= 11 is 6.05. The molecule has 1 aliphatic rings. The van der Waals surface area contributed by atoms with Crippen molar-refractivity contribution in [2.75, 3.05) is 6.61 Å². The summed E-state index contributed by atoms with van der Waals surface area (Å²) in [7, 11) is 0. The number of halogens is 3. The van der Waals surface area contributed by atoms with E-state index >= 15 is 0 Å². The molecule has 0 saturated carbocycles. The molecule has 2 heterocycles. The Hall–Kier alpha value is -4.11. The maximum Gasteiger partial charge on any atom is 0.303 e. The summed E-state index contributed by atoms with van der Waals surface area (Å²) < 4.78 is 33.0. The maximum absolute atomic E-state index is 13.9. The highest BCUT2D eigenvalue weighted by molar-refractivity contribution is 6.30. The lowest BCUT2D eigenvalue weighted by Gasteiger charge is -2.27. The zero-order chi connectivity index (χ0) is 27.5. The molecule has 1 atom stereocenters. The second-order valence-corrected chi connectivity index (χ2v) is 9.73. The highest BCUT2D eigenvalue weighted by Gasteiger charge is 2.26. The van der Waals surface area contributed by atoms with E-state index in [2.05, 4.69) is 5.32 Å². The quantitative estimate of drug-likeness (QED) is 0.250. The molecule has 0 fully saturated rings. The van der Waals surface area contributed by atoms with Crippen LogP contribution in [0.4, 0.5) is 8.78 Å². The third-order valence-electron chi connectivity index (χ3n) is 6.57. The van der Waals surface area contributed by atoms with E-state index in [0.29, 0.717) is 64.3 Å². The molecule has 0 unspecified atom stereocenters. The van der Waals surface area contributed by atoms with Crippen molar-refractivity contribution in [1.29, 1.82) is 0 Å². The number of aliphatic carboxylic acids is 1. The van der Waals surface area contributed by atoms with E-state index in [1.54, 1.807) is 30.3 Å².